The lowest BCUT2D eigenvalue weighted by atomic mass is 10.1. The first-order valence-corrected chi connectivity index (χ1v) is 8.29. The summed E-state index contributed by atoms with van der Waals surface area (Å²) in [5.74, 6) is -0.666. The SMILES string of the molecule is COc1cccc(S(=O)(=O)N2CCCCCC2C(=O)O)c1. The van der Waals surface area contributed by atoms with Gasteiger partial charge in [-0.15, -0.1) is 0 Å². The smallest absolute Gasteiger partial charge is 0.322 e. The van der Waals surface area contributed by atoms with Gasteiger partial charge in [-0.25, -0.2) is 8.42 Å². The van der Waals surface area contributed by atoms with Crippen molar-refractivity contribution in [3.05, 3.63) is 24.3 Å². The Hall–Kier alpha value is -1.60. The van der Waals surface area contributed by atoms with Crippen molar-refractivity contribution in [2.75, 3.05) is 13.7 Å². The molecule has 0 aliphatic carbocycles. The van der Waals surface area contributed by atoms with E-state index in [4.69, 9.17) is 4.74 Å². The molecule has 1 aromatic rings. The number of sulfonamides is 1. The molecule has 1 N–H and O–H groups in total. The summed E-state index contributed by atoms with van der Waals surface area (Å²) in [5, 5.41) is 9.31. The van der Waals surface area contributed by atoms with Crippen LogP contribution in [0.25, 0.3) is 0 Å². The van der Waals surface area contributed by atoms with Gasteiger partial charge in [-0.2, -0.15) is 4.31 Å². The van der Waals surface area contributed by atoms with Crippen molar-refractivity contribution in [3.8, 4) is 5.75 Å². The molecule has 1 heterocycles. The van der Waals surface area contributed by atoms with Gasteiger partial charge >= 0.3 is 5.97 Å². The number of carbonyl (C=O) groups is 1. The largest absolute Gasteiger partial charge is 0.497 e. The molecule has 116 valence electrons. The summed E-state index contributed by atoms with van der Waals surface area (Å²) in [4.78, 5) is 11.5. The molecular weight excluding hydrogens is 294 g/mol. The van der Waals surface area contributed by atoms with Crippen molar-refractivity contribution >= 4 is 16.0 Å². The predicted molar refractivity (Wildman–Crippen MR) is 76.8 cm³/mol. The average molecular weight is 313 g/mol. The van der Waals surface area contributed by atoms with Crippen LogP contribution < -0.4 is 4.74 Å². The average Bonchev–Trinajstić information content (AvgIpc) is 2.73. The van der Waals surface area contributed by atoms with E-state index < -0.39 is 22.0 Å². The highest BCUT2D eigenvalue weighted by Crippen LogP contribution is 2.26. The maximum absolute atomic E-state index is 12.7. The number of nitrogens with zero attached hydrogens (tertiary/aromatic N) is 1. The zero-order chi connectivity index (χ0) is 15.5. The van der Waals surface area contributed by atoms with Crippen LogP contribution >= 0.6 is 0 Å². The zero-order valence-corrected chi connectivity index (χ0v) is 12.7. The molecule has 0 spiro atoms. The highest BCUT2D eigenvalue weighted by Gasteiger charge is 2.36. The Morgan fingerprint density at radius 1 is 1.33 bits per heavy atom. The molecular formula is C14H19NO5S. The summed E-state index contributed by atoms with van der Waals surface area (Å²) >= 11 is 0. The number of carboxylic acid groups (broad SMARTS) is 1. The van der Waals surface area contributed by atoms with Gasteiger partial charge in [0.1, 0.15) is 11.8 Å². The number of benzene rings is 1. The molecule has 0 amide bonds. The molecule has 7 heteroatoms. The second kappa shape index (κ2) is 6.44. The number of ether oxygens (including phenoxy) is 1. The van der Waals surface area contributed by atoms with Gasteiger partial charge in [-0.1, -0.05) is 18.9 Å². The van der Waals surface area contributed by atoms with Crippen LogP contribution in [0.4, 0.5) is 0 Å². The first kappa shape index (κ1) is 15.8. The van der Waals surface area contributed by atoms with Crippen LogP contribution in [-0.2, 0) is 14.8 Å². The number of rotatable bonds is 4. The number of carboxylic acids is 1. The molecule has 1 aromatic carbocycles. The maximum atomic E-state index is 12.7. The maximum Gasteiger partial charge on any atom is 0.322 e. The van der Waals surface area contributed by atoms with Crippen LogP contribution in [0.1, 0.15) is 25.7 Å². The number of hydrogen-bond acceptors (Lipinski definition) is 4. The number of methoxy groups -OCH3 is 1. The van der Waals surface area contributed by atoms with Crippen molar-refractivity contribution < 1.29 is 23.1 Å². The van der Waals surface area contributed by atoms with Crippen molar-refractivity contribution in [1.82, 2.24) is 4.31 Å². The van der Waals surface area contributed by atoms with Crippen molar-refractivity contribution in [1.29, 1.82) is 0 Å². The van der Waals surface area contributed by atoms with E-state index in [-0.39, 0.29) is 11.4 Å². The van der Waals surface area contributed by atoms with Gasteiger partial charge in [-0.3, -0.25) is 4.79 Å². The highest BCUT2D eigenvalue weighted by molar-refractivity contribution is 7.89. The van der Waals surface area contributed by atoms with Gasteiger partial charge in [0.2, 0.25) is 10.0 Å². The zero-order valence-electron chi connectivity index (χ0n) is 11.9. The fraction of sp³-hybridized carbons (Fsp3) is 0.500. The normalized spacial score (nSPS) is 20.7. The Labute approximate surface area is 124 Å². The fourth-order valence-electron chi connectivity index (χ4n) is 2.51. The molecule has 6 nitrogen and oxygen atoms in total. The van der Waals surface area contributed by atoms with E-state index in [1.165, 1.54) is 19.2 Å². The molecule has 0 aromatic heterocycles. The summed E-state index contributed by atoms with van der Waals surface area (Å²) in [7, 11) is -2.38. The van der Waals surface area contributed by atoms with E-state index in [9.17, 15) is 18.3 Å². The minimum atomic E-state index is -3.84. The Bertz CT molecular complexity index is 614. The first-order chi connectivity index (χ1) is 9.96. The number of hydrogen-bond donors (Lipinski definition) is 1. The Kier molecular flexibility index (Phi) is 4.84. The van der Waals surface area contributed by atoms with E-state index in [0.29, 0.717) is 18.6 Å². The van der Waals surface area contributed by atoms with Gasteiger partial charge in [0.15, 0.2) is 0 Å². The molecule has 2 rings (SSSR count). The lowest BCUT2D eigenvalue weighted by Crippen LogP contribution is -2.44. The summed E-state index contributed by atoms with van der Waals surface area (Å²) in [6.07, 6.45) is 2.58. The van der Waals surface area contributed by atoms with Crippen molar-refractivity contribution in [3.63, 3.8) is 0 Å². The van der Waals surface area contributed by atoms with Gasteiger partial charge < -0.3 is 9.84 Å². The molecule has 21 heavy (non-hydrogen) atoms. The van der Waals surface area contributed by atoms with Gasteiger partial charge in [0.25, 0.3) is 0 Å². The van der Waals surface area contributed by atoms with E-state index >= 15 is 0 Å². The lowest BCUT2D eigenvalue weighted by Gasteiger charge is -2.26. The molecule has 1 aliphatic heterocycles. The summed E-state index contributed by atoms with van der Waals surface area (Å²) in [6.45, 7) is 0.233. The monoisotopic (exact) mass is 313 g/mol. The van der Waals surface area contributed by atoms with Crippen LogP contribution in [0, 0.1) is 0 Å². The molecule has 1 aliphatic rings. The molecule has 0 saturated carbocycles. The van der Waals surface area contributed by atoms with E-state index in [1.54, 1.807) is 12.1 Å². The van der Waals surface area contributed by atoms with Crippen molar-refractivity contribution in [2.24, 2.45) is 0 Å². The molecule has 1 fully saturated rings. The van der Waals surface area contributed by atoms with E-state index in [1.807, 2.05) is 0 Å². The first-order valence-electron chi connectivity index (χ1n) is 6.85. The van der Waals surface area contributed by atoms with E-state index in [2.05, 4.69) is 0 Å². The third kappa shape index (κ3) is 3.36. The standard InChI is InChI=1S/C14H19NO5S/c1-20-11-6-5-7-12(10-11)21(18,19)15-9-4-2-3-8-13(15)14(16)17/h5-7,10,13H,2-4,8-9H2,1H3,(H,16,17). The molecule has 1 saturated heterocycles. The lowest BCUT2D eigenvalue weighted by molar-refractivity contribution is -0.141. The van der Waals surface area contributed by atoms with E-state index in [0.717, 1.165) is 17.1 Å². The minimum absolute atomic E-state index is 0.0648. The van der Waals surface area contributed by atoms with Gasteiger partial charge in [0.05, 0.1) is 12.0 Å². The van der Waals surface area contributed by atoms with Crippen LogP contribution in [0.2, 0.25) is 0 Å². The second-order valence-corrected chi connectivity index (χ2v) is 6.89. The van der Waals surface area contributed by atoms with Gasteiger partial charge in [-0.05, 0) is 25.0 Å². The van der Waals surface area contributed by atoms with Crippen LogP contribution in [0.5, 0.6) is 5.75 Å². The topological polar surface area (TPSA) is 83.9 Å². The third-order valence-electron chi connectivity index (χ3n) is 3.64. The molecule has 0 bridgehead atoms. The van der Waals surface area contributed by atoms with Crippen LogP contribution in [0.3, 0.4) is 0 Å². The summed E-state index contributed by atoms with van der Waals surface area (Å²) in [5.41, 5.74) is 0. The Morgan fingerprint density at radius 3 is 2.76 bits per heavy atom. The third-order valence-corrected chi connectivity index (χ3v) is 5.54. The van der Waals surface area contributed by atoms with Crippen molar-refractivity contribution in [2.45, 2.75) is 36.6 Å². The highest BCUT2D eigenvalue weighted by atomic mass is 32.2. The Balaban J connectivity index is 2.41. The fourth-order valence-corrected chi connectivity index (χ4v) is 4.20. The molecule has 1 unspecified atom stereocenters. The van der Waals surface area contributed by atoms with Crippen LogP contribution in [-0.4, -0.2) is 43.5 Å². The summed E-state index contributed by atoms with van der Waals surface area (Å²) in [6, 6.07) is 5.11. The van der Waals surface area contributed by atoms with Gasteiger partial charge in [0, 0.05) is 12.6 Å². The minimum Gasteiger partial charge on any atom is -0.497 e. The second-order valence-electron chi connectivity index (χ2n) is 5.00. The Morgan fingerprint density at radius 2 is 2.10 bits per heavy atom. The molecule has 0 radical (unpaired) electrons. The molecule has 1 atom stereocenters. The predicted octanol–water partition coefficient (Wildman–Crippen LogP) is 1.71. The van der Waals surface area contributed by atoms with Crippen LogP contribution in [0.15, 0.2) is 29.2 Å². The summed E-state index contributed by atoms with van der Waals surface area (Å²) < 4.78 is 31.6. The quantitative estimate of drug-likeness (QED) is 0.915. The number of aliphatic carboxylic acids is 1.